The zero-order chi connectivity index (χ0) is 17.1. The molecule has 0 bridgehead atoms. The fourth-order valence-electron chi connectivity index (χ4n) is 2.50. The number of likely N-dealkylation sites (tertiary alicyclic amines) is 1. The summed E-state index contributed by atoms with van der Waals surface area (Å²) in [4.78, 5) is 27.4. The van der Waals surface area contributed by atoms with Gasteiger partial charge in [0.25, 0.3) is 5.91 Å². The summed E-state index contributed by atoms with van der Waals surface area (Å²) in [5, 5.41) is 13.1. The minimum absolute atomic E-state index is 0.0333. The first-order valence-corrected chi connectivity index (χ1v) is 8.00. The molecule has 1 aromatic rings. The lowest BCUT2D eigenvalue weighted by Crippen LogP contribution is -2.49. The first kappa shape index (κ1) is 17.7. The van der Waals surface area contributed by atoms with Gasteiger partial charge in [0.2, 0.25) is 0 Å². The van der Waals surface area contributed by atoms with Gasteiger partial charge in [-0.05, 0) is 25.0 Å². The standard InChI is InChI=1S/C15H19Cl2N3O3/c1-19(2)15(23)20-5-3-10(4-6-20)18-14(22)11-7-9(16)8-12(17)13(11)21/h7-8,10,21H,3-6H2,1-2H3,(H,18,22). The van der Waals surface area contributed by atoms with E-state index in [2.05, 4.69) is 5.32 Å². The van der Waals surface area contributed by atoms with Gasteiger partial charge in [-0.2, -0.15) is 0 Å². The quantitative estimate of drug-likeness (QED) is 0.852. The summed E-state index contributed by atoms with van der Waals surface area (Å²) >= 11 is 11.7. The molecule has 2 rings (SSSR count). The highest BCUT2D eigenvalue weighted by atomic mass is 35.5. The topological polar surface area (TPSA) is 72.9 Å². The smallest absolute Gasteiger partial charge is 0.319 e. The van der Waals surface area contributed by atoms with Gasteiger partial charge in [0.05, 0.1) is 10.6 Å². The van der Waals surface area contributed by atoms with Crippen molar-refractivity contribution in [2.45, 2.75) is 18.9 Å². The van der Waals surface area contributed by atoms with Crippen molar-refractivity contribution in [2.75, 3.05) is 27.2 Å². The number of benzene rings is 1. The van der Waals surface area contributed by atoms with Crippen LogP contribution in [0.4, 0.5) is 4.79 Å². The number of halogens is 2. The maximum absolute atomic E-state index is 12.3. The van der Waals surface area contributed by atoms with Crippen molar-refractivity contribution in [1.29, 1.82) is 0 Å². The average Bonchev–Trinajstić information content (AvgIpc) is 2.50. The van der Waals surface area contributed by atoms with Crippen molar-refractivity contribution >= 4 is 35.1 Å². The molecule has 0 atom stereocenters. The molecule has 6 nitrogen and oxygen atoms in total. The Morgan fingerprint density at radius 1 is 1.26 bits per heavy atom. The lowest BCUT2D eigenvalue weighted by molar-refractivity contribution is 0.0911. The Hall–Kier alpha value is -1.66. The Bertz CT molecular complexity index is 614. The van der Waals surface area contributed by atoms with Gasteiger partial charge in [0, 0.05) is 38.2 Å². The third-order valence-electron chi connectivity index (χ3n) is 3.76. The maximum Gasteiger partial charge on any atom is 0.319 e. The van der Waals surface area contributed by atoms with Gasteiger partial charge in [0.1, 0.15) is 5.75 Å². The molecule has 1 aliphatic heterocycles. The first-order chi connectivity index (χ1) is 10.8. The molecule has 2 N–H and O–H groups in total. The SMILES string of the molecule is CN(C)C(=O)N1CCC(NC(=O)c2cc(Cl)cc(Cl)c2O)CC1. The zero-order valence-electron chi connectivity index (χ0n) is 13.0. The molecule has 0 spiro atoms. The lowest BCUT2D eigenvalue weighted by atomic mass is 10.0. The van der Waals surface area contributed by atoms with E-state index in [-0.39, 0.29) is 33.4 Å². The van der Waals surface area contributed by atoms with Crippen LogP contribution in [-0.2, 0) is 0 Å². The van der Waals surface area contributed by atoms with Crippen molar-refractivity contribution in [2.24, 2.45) is 0 Å². The van der Waals surface area contributed by atoms with Crippen LogP contribution in [-0.4, -0.2) is 60.1 Å². The second-order valence-electron chi connectivity index (χ2n) is 5.70. The van der Waals surface area contributed by atoms with Crippen LogP contribution in [0.5, 0.6) is 5.75 Å². The number of amides is 3. The second-order valence-corrected chi connectivity index (χ2v) is 6.54. The van der Waals surface area contributed by atoms with Gasteiger partial charge in [-0.25, -0.2) is 4.79 Å². The van der Waals surface area contributed by atoms with E-state index in [0.717, 1.165) is 0 Å². The van der Waals surface area contributed by atoms with E-state index >= 15 is 0 Å². The number of aromatic hydroxyl groups is 1. The van der Waals surface area contributed by atoms with E-state index < -0.39 is 5.91 Å². The summed E-state index contributed by atoms with van der Waals surface area (Å²) in [7, 11) is 3.42. The van der Waals surface area contributed by atoms with Gasteiger partial charge in [-0.15, -0.1) is 0 Å². The van der Waals surface area contributed by atoms with E-state index in [0.29, 0.717) is 25.9 Å². The molecule has 23 heavy (non-hydrogen) atoms. The number of phenols is 1. The fraction of sp³-hybridized carbons (Fsp3) is 0.467. The van der Waals surface area contributed by atoms with Crippen LogP contribution in [0.3, 0.4) is 0 Å². The number of phenolic OH excluding ortho intramolecular Hbond substituents is 1. The maximum atomic E-state index is 12.3. The fourth-order valence-corrected chi connectivity index (χ4v) is 2.99. The molecule has 1 aliphatic rings. The third-order valence-corrected chi connectivity index (χ3v) is 4.26. The summed E-state index contributed by atoms with van der Waals surface area (Å²) < 4.78 is 0. The van der Waals surface area contributed by atoms with E-state index in [1.165, 1.54) is 17.0 Å². The van der Waals surface area contributed by atoms with Crippen LogP contribution in [0.1, 0.15) is 23.2 Å². The number of piperidine rings is 1. The molecule has 1 aromatic carbocycles. The Kier molecular flexibility index (Phi) is 5.59. The van der Waals surface area contributed by atoms with E-state index in [9.17, 15) is 14.7 Å². The van der Waals surface area contributed by atoms with Crippen molar-refractivity contribution < 1.29 is 14.7 Å². The molecular formula is C15H19Cl2N3O3. The minimum Gasteiger partial charge on any atom is -0.506 e. The molecule has 0 aromatic heterocycles. The van der Waals surface area contributed by atoms with E-state index in [1.54, 1.807) is 19.0 Å². The molecule has 0 unspecified atom stereocenters. The van der Waals surface area contributed by atoms with Gasteiger partial charge >= 0.3 is 6.03 Å². The number of carbonyl (C=O) groups excluding carboxylic acids is 2. The Balaban J connectivity index is 1.97. The monoisotopic (exact) mass is 359 g/mol. The van der Waals surface area contributed by atoms with Crippen LogP contribution < -0.4 is 5.32 Å². The highest BCUT2D eigenvalue weighted by Gasteiger charge is 2.26. The molecule has 1 fully saturated rings. The first-order valence-electron chi connectivity index (χ1n) is 7.24. The minimum atomic E-state index is -0.427. The molecule has 8 heteroatoms. The predicted molar refractivity (Wildman–Crippen MR) is 89.3 cm³/mol. The molecule has 0 radical (unpaired) electrons. The number of carbonyl (C=O) groups is 2. The number of nitrogens with one attached hydrogen (secondary N) is 1. The number of nitrogens with zero attached hydrogens (tertiary/aromatic N) is 2. The lowest BCUT2D eigenvalue weighted by Gasteiger charge is -2.34. The number of hydrogen-bond donors (Lipinski definition) is 2. The van der Waals surface area contributed by atoms with Crippen LogP contribution in [0.2, 0.25) is 10.0 Å². The Morgan fingerprint density at radius 2 is 1.87 bits per heavy atom. The largest absolute Gasteiger partial charge is 0.506 e. The molecule has 0 aliphatic carbocycles. The van der Waals surface area contributed by atoms with E-state index in [4.69, 9.17) is 23.2 Å². The average molecular weight is 360 g/mol. The summed E-state index contributed by atoms with van der Waals surface area (Å²) in [5.41, 5.74) is 0.0503. The van der Waals surface area contributed by atoms with E-state index in [1.807, 2.05) is 0 Å². The van der Waals surface area contributed by atoms with Crippen molar-refractivity contribution in [3.8, 4) is 5.75 Å². The molecule has 126 valence electrons. The molecule has 1 saturated heterocycles. The molecule has 3 amide bonds. The number of urea groups is 1. The number of rotatable bonds is 2. The predicted octanol–water partition coefficient (Wildman–Crippen LogP) is 2.57. The third kappa shape index (κ3) is 4.20. The summed E-state index contributed by atoms with van der Waals surface area (Å²) in [6.45, 7) is 1.15. The second kappa shape index (κ2) is 7.27. The van der Waals surface area contributed by atoms with Crippen molar-refractivity contribution in [3.05, 3.63) is 27.7 Å². The van der Waals surface area contributed by atoms with Crippen LogP contribution in [0.15, 0.2) is 12.1 Å². The highest BCUT2D eigenvalue weighted by Crippen LogP contribution is 2.31. The molecule has 0 saturated carbocycles. The van der Waals surface area contributed by atoms with Gasteiger partial charge in [0.15, 0.2) is 0 Å². The molecule has 1 heterocycles. The van der Waals surface area contributed by atoms with Gasteiger partial charge in [-0.3, -0.25) is 4.79 Å². The molecular weight excluding hydrogens is 341 g/mol. The van der Waals surface area contributed by atoms with Crippen LogP contribution >= 0.6 is 23.2 Å². The summed E-state index contributed by atoms with van der Waals surface area (Å²) in [5.74, 6) is -0.710. The number of hydrogen-bond acceptors (Lipinski definition) is 3. The van der Waals surface area contributed by atoms with Gasteiger partial charge < -0.3 is 20.2 Å². The van der Waals surface area contributed by atoms with Crippen LogP contribution in [0, 0.1) is 0 Å². The normalized spacial score (nSPS) is 15.4. The highest BCUT2D eigenvalue weighted by molar-refractivity contribution is 6.36. The van der Waals surface area contributed by atoms with Crippen molar-refractivity contribution in [3.63, 3.8) is 0 Å². The Labute approximate surface area is 145 Å². The van der Waals surface area contributed by atoms with Crippen molar-refractivity contribution in [1.82, 2.24) is 15.1 Å². The van der Waals surface area contributed by atoms with Gasteiger partial charge in [-0.1, -0.05) is 23.2 Å². The summed E-state index contributed by atoms with van der Waals surface area (Å²) in [6, 6.07) is 2.66. The Morgan fingerprint density at radius 3 is 2.43 bits per heavy atom. The zero-order valence-corrected chi connectivity index (χ0v) is 14.5. The van der Waals surface area contributed by atoms with Crippen LogP contribution in [0.25, 0.3) is 0 Å². The summed E-state index contributed by atoms with van der Waals surface area (Å²) in [6.07, 6.45) is 1.31.